The molecule has 0 saturated heterocycles. The fourth-order valence-electron chi connectivity index (χ4n) is 2.69. The van der Waals surface area contributed by atoms with Crippen LogP contribution in [0.2, 0.25) is 0 Å². The first-order valence-corrected chi connectivity index (χ1v) is 8.82. The molecule has 0 radical (unpaired) electrons. The summed E-state index contributed by atoms with van der Waals surface area (Å²) >= 11 is 0. The maximum absolute atomic E-state index is 6.27. The van der Waals surface area contributed by atoms with E-state index in [1.165, 1.54) is 0 Å². The first-order chi connectivity index (χ1) is 12.7. The summed E-state index contributed by atoms with van der Waals surface area (Å²) in [4.78, 5) is 6.42. The van der Waals surface area contributed by atoms with Crippen LogP contribution >= 0.6 is 0 Å². The Morgan fingerprint density at radius 1 is 1.33 bits per heavy atom. The van der Waals surface area contributed by atoms with Crippen LogP contribution in [-0.4, -0.2) is 44.3 Å². The van der Waals surface area contributed by atoms with Gasteiger partial charge in [-0.05, 0) is 26.1 Å². The quantitative estimate of drug-likeness (QED) is 0.629. The third kappa shape index (κ3) is 4.94. The van der Waals surface area contributed by atoms with Gasteiger partial charge in [0.2, 0.25) is 0 Å². The number of methoxy groups -OCH3 is 1. The monoisotopic (exact) mass is 371 g/mol. The van der Waals surface area contributed by atoms with Gasteiger partial charge in [-0.15, -0.1) is 6.42 Å². The minimum atomic E-state index is -0.952. The molecule has 1 aromatic carbocycles. The fraction of sp³-hybridized carbons (Fsp3) is 0.450. The first kappa shape index (κ1) is 20.6. The SMILES string of the molecule is C#Cc1cc(OC2=CNC(N)(CCN(C)C)N=C2N)c(C(C)C)cc1OC. The zero-order chi connectivity index (χ0) is 20.2. The predicted octanol–water partition coefficient (Wildman–Crippen LogP) is 1.54. The molecule has 0 aliphatic carbocycles. The second-order valence-corrected chi connectivity index (χ2v) is 7.12. The van der Waals surface area contributed by atoms with Gasteiger partial charge in [0.25, 0.3) is 0 Å². The van der Waals surface area contributed by atoms with Gasteiger partial charge in [-0.25, -0.2) is 4.99 Å². The lowest BCUT2D eigenvalue weighted by Crippen LogP contribution is -2.54. The molecule has 5 N–H and O–H groups in total. The largest absolute Gasteiger partial charge is 0.495 e. The van der Waals surface area contributed by atoms with E-state index in [0.717, 1.165) is 12.1 Å². The Bertz CT molecular complexity index is 792. The fourth-order valence-corrected chi connectivity index (χ4v) is 2.69. The maximum atomic E-state index is 6.27. The van der Waals surface area contributed by atoms with Crippen molar-refractivity contribution in [3.05, 3.63) is 35.2 Å². The van der Waals surface area contributed by atoms with Crippen molar-refractivity contribution in [3.63, 3.8) is 0 Å². The van der Waals surface area contributed by atoms with Gasteiger partial charge in [-0.2, -0.15) is 0 Å². The second kappa shape index (κ2) is 8.33. The van der Waals surface area contributed by atoms with Gasteiger partial charge in [0, 0.05) is 30.8 Å². The van der Waals surface area contributed by atoms with E-state index in [1.807, 2.05) is 25.1 Å². The topological polar surface area (TPSA) is 98.1 Å². The van der Waals surface area contributed by atoms with Crippen LogP contribution in [0.4, 0.5) is 0 Å². The Morgan fingerprint density at radius 3 is 2.56 bits per heavy atom. The van der Waals surface area contributed by atoms with E-state index in [1.54, 1.807) is 19.4 Å². The standard InChI is InChI=1S/C20H29N5O2/c1-7-14-10-17(15(13(2)3)11-16(14)26-6)27-18-12-23-20(22,24-19(18)21)8-9-25(4)5/h1,10-13,23H,8-9,22H2,2-6H3,(H2,21,24). The summed E-state index contributed by atoms with van der Waals surface area (Å²) in [6.45, 7) is 4.90. The van der Waals surface area contributed by atoms with Crippen LogP contribution in [0.1, 0.15) is 37.3 Å². The lowest BCUT2D eigenvalue weighted by molar-refractivity contribution is 0.289. The van der Waals surface area contributed by atoms with E-state index in [0.29, 0.717) is 29.2 Å². The minimum absolute atomic E-state index is 0.199. The summed E-state index contributed by atoms with van der Waals surface area (Å²) in [7, 11) is 5.54. The Labute approximate surface area is 161 Å². The summed E-state index contributed by atoms with van der Waals surface area (Å²) in [5, 5.41) is 3.08. The number of amidine groups is 1. The zero-order valence-corrected chi connectivity index (χ0v) is 16.7. The van der Waals surface area contributed by atoms with Gasteiger partial charge >= 0.3 is 0 Å². The van der Waals surface area contributed by atoms with Crippen LogP contribution < -0.4 is 26.3 Å². The first-order valence-electron chi connectivity index (χ1n) is 8.82. The highest BCUT2D eigenvalue weighted by atomic mass is 16.5. The zero-order valence-electron chi connectivity index (χ0n) is 16.7. The predicted molar refractivity (Wildman–Crippen MR) is 109 cm³/mol. The van der Waals surface area contributed by atoms with Crippen LogP contribution in [-0.2, 0) is 0 Å². The maximum Gasteiger partial charge on any atom is 0.185 e. The number of nitrogens with two attached hydrogens (primary N) is 2. The van der Waals surface area contributed by atoms with Gasteiger partial charge in [0.05, 0.1) is 12.7 Å². The number of aliphatic imine (C=N–C) groups is 1. The molecule has 0 fully saturated rings. The van der Waals surface area contributed by atoms with Crippen LogP contribution in [0.15, 0.2) is 29.1 Å². The average Bonchev–Trinajstić information content (AvgIpc) is 2.62. The Morgan fingerprint density at radius 2 is 2.04 bits per heavy atom. The highest BCUT2D eigenvalue weighted by Gasteiger charge is 2.28. The summed E-state index contributed by atoms with van der Waals surface area (Å²) < 4.78 is 11.4. The molecule has 146 valence electrons. The van der Waals surface area contributed by atoms with Gasteiger partial charge in [0.15, 0.2) is 17.4 Å². The van der Waals surface area contributed by atoms with Crippen molar-refractivity contribution in [1.29, 1.82) is 0 Å². The summed E-state index contributed by atoms with van der Waals surface area (Å²) in [6, 6.07) is 3.67. The van der Waals surface area contributed by atoms with E-state index in [4.69, 9.17) is 27.4 Å². The van der Waals surface area contributed by atoms with E-state index in [-0.39, 0.29) is 11.8 Å². The molecule has 0 bridgehead atoms. The smallest absolute Gasteiger partial charge is 0.185 e. The molecule has 0 amide bonds. The molecular formula is C20H29N5O2. The molecule has 1 heterocycles. The Hall–Kier alpha value is -2.69. The number of benzene rings is 1. The van der Waals surface area contributed by atoms with Crippen molar-refractivity contribution in [2.75, 3.05) is 27.7 Å². The van der Waals surface area contributed by atoms with Crippen LogP contribution in [0.3, 0.4) is 0 Å². The van der Waals surface area contributed by atoms with E-state index >= 15 is 0 Å². The molecule has 0 aromatic heterocycles. The van der Waals surface area contributed by atoms with Gasteiger partial charge in [-0.1, -0.05) is 19.8 Å². The molecular weight excluding hydrogens is 342 g/mol. The van der Waals surface area contributed by atoms with Crippen molar-refractivity contribution in [2.45, 2.75) is 32.0 Å². The molecule has 7 heteroatoms. The Kier molecular flexibility index (Phi) is 6.37. The molecule has 2 rings (SSSR count). The third-order valence-electron chi connectivity index (χ3n) is 4.30. The van der Waals surface area contributed by atoms with Gasteiger partial charge < -0.3 is 25.4 Å². The number of terminal acetylenes is 1. The molecule has 27 heavy (non-hydrogen) atoms. The third-order valence-corrected chi connectivity index (χ3v) is 4.30. The summed E-state index contributed by atoms with van der Waals surface area (Å²) in [5.41, 5.74) is 13.9. The molecule has 1 aliphatic rings. The average molecular weight is 371 g/mol. The van der Waals surface area contributed by atoms with E-state index < -0.39 is 5.79 Å². The summed E-state index contributed by atoms with van der Waals surface area (Å²) in [5.74, 6) is 3.75. The molecule has 1 atom stereocenters. The molecule has 1 unspecified atom stereocenters. The van der Waals surface area contributed by atoms with Crippen molar-refractivity contribution in [3.8, 4) is 23.8 Å². The molecule has 0 spiro atoms. The van der Waals surface area contributed by atoms with Crippen molar-refractivity contribution in [2.24, 2.45) is 16.5 Å². The molecule has 1 aromatic rings. The second-order valence-electron chi connectivity index (χ2n) is 7.12. The number of ether oxygens (including phenoxy) is 2. The number of nitrogens with zero attached hydrogens (tertiary/aromatic N) is 2. The molecule has 1 aliphatic heterocycles. The Balaban J connectivity index is 2.29. The summed E-state index contributed by atoms with van der Waals surface area (Å²) in [6.07, 6.45) is 7.85. The number of hydrogen-bond donors (Lipinski definition) is 3. The van der Waals surface area contributed by atoms with Crippen LogP contribution in [0, 0.1) is 12.3 Å². The number of rotatable bonds is 7. The van der Waals surface area contributed by atoms with Crippen LogP contribution in [0.25, 0.3) is 0 Å². The normalized spacial score (nSPS) is 19.2. The highest BCUT2D eigenvalue weighted by Crippen LogP contribution is 2.34. The van der Waals surface area contributed by atoms with E-state index in [9.17, 15) is 0 Å². The molecule has 7 nitrogen and oxygen atoms in total. The molecule has 0 saturated carbocycles. The number of nitrogens with one attached hydrogen (secondary N) is 1. The van der Waals surface area contributed by atoms with Crippen molar-refractivity contribution >= 4 is 5.84 Å². The van der Waals surface area contributed by atoms with E-state index in [2.05, 4.69) is 30.1 Å². The lowest BCUT2D eigenvalue weighted by atomic mass is 9.99. The van der Waals surface area contributed by atoms with Gasteiger partial charge in [0.1, 0.15) is 11.5 Å². The van der Waals surface area contributed by atoms with Crippen molar-refractivity contribution in [1.82, 2.24) is 10.2 Å². The number of hydrogen-bond acceptors (Lipinski definition) is 7. The van der Waals surface area contributed by atoms with Crippen LogP contribution in [0.5, 0.6) is 11.5 Å². The minimum Gasteiger partial charge on any atom is -0.495 e. The van der Waals surface area contributed by atoms with Crippen molar-refractivity contribution < 1.29 is 9.47 Å². The lowest BCUT2D eigenvalue weighted by Gasteiger charge is -2.31. The van der Waals surface area contributed by atoms with Gasteiger partial charge in [-0.3, -0.25) is 5.73 Å². The highest BCUT2D eigenvalue weighted by molar-refractivity contribution is 5.96.